The molecule has 0 radical (unpaired) electrons. The zero-order valence-electron chi connectivity index (χ0n) is 24.2. The van der Waals surface area contributed by atoms with Crippen molar-refractivity contribution in [3.8, 4) is 0 Å². The van der Waals surface area contributed by atoms with Crippen LogP contribution in [0.2, 0.25) is 0 Å². The van der Waals surface area contributed by atoms with Gasteiger partial charge in [0.15, 0.2) is 6.29 Å². The molecule has 0 unspecified atom stereocenters. The predicted molar refractivity (Wildman–Crippen MR) is 145 cm³/mol. The molecule has 0 amide bonds. The van der Waals surface area contributed by atoms with Gasteiger partial charge in [-0.15, -0.1) is 0 Å². The number of aliphatic hydroxyl groups excluding tert-OH is 1. The number of Topliss-reactive ketones (excluding diaryl/α,β-unsaturated/α-hetero) is 1. The fraction of sp³-hybridized carbons (Fsp3) is 0.781. The summed E-state index contributed by atoms with van der Waals surface area (Å²) in [6.45, 7) is 17.3. The molecule has 1 aliphatic heterocycles. The Morgan fingerprint density at radius 2 is 1.84 bits per heavy atom. The Morgan fingerprint density at radius 1 is 1.14 bits per heavy atom. The third kappa shape index (κ3) is 3.74. The van der Waals surface area contributed by atoms with Crippen LogP contribution >= 0.6 is 0 Å². The van der Waals surface area contributed by atoms with E-state index in [-0.39, 0.29) is 28.5 Å². The van der Waals surface area contributed by atoms with Crippen molar-refractivity contribution >= 4 is 5.78 Å². The van der Waals surface area contributed by atoms with Crippen LogP contribution in [-0.4, -0.2) is 46.7 Å². The van der Waals surface area contributed by atoms with Crippen LogP contribution in [-0.2, 0) is 14.3 Å². The summed E-state index contributed by atoms with van der Waals surface area (Å²) < 4.78 is 12.4. The van der Waals surface area contributed by atoms with Crippen molar-refractivity contribution in [2.45, 2.75) is 118 Å². The lowest BCUT2D eigenvalue weighted by Gasteiger charge is -2.57. The molecule has 0 spiro atoms. The van der Waals surface area contributed by atoms with E-state index in [1.165, 1.54) is 16.7 Å². The summed E-state index contributed by atoms with van der Waals surface area (Å²) in [6.07, 6.45) is 10.8. The molecule has 4 aliphatic carbocycles. The topological polar surface area (TPSA) is 76.0 Å². The quantitative estimate of drug-likeness (QED) is 0.480. The number of carbonyl (C=O) groups excluding carboxylic acids is 1. The van der Waals surface area contributed by atoms with E-state index in [0.717, 1.165) is 25.7 Å². The Balaban J connectivity index is 1.51. The molecule has 0 aromatic carbocycles. The maximum atomic E-state index is 12.8. The van der Waals surface area contributed by atoms with Gasteiger partial charge in [-0.05, 0) is 100 Å². The number of ether oxygens (including phenoxy) is 2. The SMILES string of the molecule is CCO[C@H]1O[C@@H]([C@H](O)C(C)(C)O)C[C@H]1[C@@H]1CC[C@]2(C)C3=CC=C4C(C)(C)C(=O)CC[C@]4(C)C3=CC[C@@]12C. The van der Waals surface area contributed by atoms with E-state index < -0.39 is 23.2 Å². The number of carbonyl (C=O) groups is 1. The number of hydrogen-bond acceptors (Lipinski definition) is 5. The fourth-order valence-electron chi connectivity index (χ4n) is 9.02. The predicted octanol–water partition coefficient (Wildman–Crippen LogP) is 5.90. The van der Waals surface area contributed by atoms with Gasteiger partial charge in [-0.2, -0.15) is 0 Å². The van der Waals surface area contributed by atoms with Crippen molar-refractivity contribution in [3.05, 3.63) is 34.9 Å². The monoisotopic (exact) mass is 512 g/mol. The minimum absolute atomic E-state index is 0.0160. The summed E-state index contributed by atoms with van der Waals surface area (Å²) >= 11 is 0. The number of aliphatic hydroxyl groups is 2. The second-order valence-corrected chi connectivity index (χ2v) is 14.3. The first kappa shape index (κ1) is 27.3. The minimum atomic E-state index is -1.23. The molecule has 2 saturated carbocycles. The van der Waals surface area contributed by atoms with Crippen molar-refractivity contribution in [1.82, 2.24) is 0 Å². The van der Waals surface area contributed by atoms with Crippen LogP contribution in [0.15, 0.2) is 34.9 Å². The van der Waals surface area contributed by atoms with Gasteiger partial charge in [-0.1, -0.05) is 39.0 Å². The highest BCUT2D eigenvalue weighted by atomic mass is 16.7. The summed E-state index contributed by atoms with van der Waals surface area (Å²) in [4.78, 5) is 12.8. The maximum Gasteiger partial charge on any atom is 0.161 e. The van der Waals surface area contributed by atoms with Crippen LogP contribution in [0.5, 0.6) is 0 Å². The Morgan fingerprint density at radius 3 is 2.49 bits per heavy atom. The maximum absolute atomic E-state index is 12.8. The van der Waals surface area contributed by atoms with Crippen molar-refractivity contribution in [2.24, 2.45) is 33.5 Å². The zero-order valence-corrected chi connectivity index (χ0v) is 24.2. The van der Waals surface area contributed by atoms with Gasteiger partial charge in [-0.3, -0.25) is 4.79 Å². The summed E-state index contributed by atoms with van der Waals surface area (Å²) in [5.41, 5.74) is 2.50. The van der Waals surface area contributed by atoms with Gasteiger partial charge >= 0.3 is 0 Å². The van der Waals surface area contributed by atoms with E-state index in [1.54, 1.807) is 13.8 Å². The van der Waals surface area contributed by atoms with Crippen molar-refractivity contribution in [1.29, 1.82) is 0 Å². The first-order valence-electron chi connectivity index (χ1n) is 14.5. The van der Waals surface area contributed by atoms with E-state index in [1.807, 2.05) is 6.92 Å². The zero-order chi connectivity index (χ0) is 27.2. The first-order chi connectivity index (χ1) is 17.1. The van der Waals surface area contributed by atoms with E-state index in [2.05, 4.69) is 52.8 Å². The number of rotatable bonds is 5. The standard InChI is InChI=1S/C32H48O5/c1-9-36-27-19(18-23(37-27)26(34)29(4,5)35)20-12-16-32(8)22-10-11-24-28(2,3)25(33)14-15-30(24,6)21(22)13-17-31(20,32)7/h10-11,13,19-20,23,26-27,34-35H,9,12,14-18H2,1-8H3/t19-,20-,23+,26-,27-,30+,31-,32+/m0/s1. The van der Waals surface area contributed by atoms with E-state index >= 15 is 0 Å². The highest BCUT2D eigenvalue weighted by molar-refractivity contribution is 5.90. The van der Waals surface area contributed by atoms with Crippen molar-refractivity contribution < 1.29 is 24.5 Å². The molecule has 2 N–H and O–H groups in total. The molecule has 5 nitrogen and oxygen atoms in total. The molecule has 5 rings (SSSR count). The largest absolute Gasteiger partial charge is 0.388 e. The average molecular weight is 513 g/mol. The van der Waals surface area contributed by atoms with E-state index in [4.69, 9.17) is 9.47 Å². The van der Waals surface area contributed by atoms with Crippen LogP contribution in [0, 0.1) is 33.5 Å². The molecule has 1 saturated heterocycles. The van der Waals surface area contributed by atoms with Crippen molar-refractivity contribution in [2.75, 3.05) is 6.61 Å². The third-order valence-electron chi connectivity index (χ3n) is 11.6. The molecular formula is C32H48O5. The molecular weight excluding hydrogens is 464 g/mol. The summed E-state index contributed by atoms with van der Waals surface area (Å²) in [5, 5.41) is 21.3. The molecule has 0 aromatic heterocycles. The summed E-state index contributed by atoms with van der Waals surface area (Å²) in [7, 11) is 0. The van der Waals surface area contributed by atoms with Gasteiger partial charge < -0.3 is 19.7 Å². The molecule has 37 heavy (non-hydrogen) atoms. The molecule has 3 fully saturated rings. The van der Waals surface area contributed by atoms with Crippen LogP contribution < -0.4 is 0 Å². The van der Waals surface area contributed by atoms with Crippen LogP contribution in [0.25, 0.3) is 0 Å². The second-order valence-electron chi connectivity index (χ2n) is 14.3. The van der Waals surface area contributed by atoms with E-state index in [0.29, 0.717) is 31.1 Å². The normalized spacial score (nSPS) is 43.8. The lowest BCUT2D eigenvalue weighted by molar-refractivity contribution is -0.192. The Hall–Kier alpha value is -1.27. The lowest BCUT2D eigenvalue weighted by Crippen LogP contribution is -2.49. The molecule has 206 valence electrons. The Bertz CT molecular complexity index is 1060. The fourth-order valence-corrected chi connectivity index (χ4v) is 9.02. The highest BCUT2D eigenvalue weighted by Crippen LogP contribution is 2.71. The Kier molecular flexibility index (Phi) is 6.36. The van der Waals surface area contributed by atoms with Gasteiger partial charge in [0.2, 0.25) is 0 Å². The lowest BCUT2D eigenvalue weighted by atomic mass is 9.47. The third-order valence-corrected chi connectivity index (χ3v) is 11.6. The molecule has 5 heteroatoms. The van der Waals surface area contributed by atoms with Gasteiger partial charge in [0, 0.05) is 29.8 Å². The van der Waals surface area contributed by atoms with E-state index in [9.17, 15) is 15.0 Å². The second kappa shape index (κ2) is 8.61. The van der Waals surface area contributed by atoms with Gasteiger partial charge in [-0.25, -0.2) is 0 Å². The van der Waals surface area contributed by atoms with Gasteiger partial charge in [0.1, 0.15) is 11.9 Å². The Labute approximate surface area is 223 Å². The van der Waals surface area contributed by atoms with Crippen LogP contribution in [0.1, 0.15) is 93.9 Å². The number of allylic oxidation sites excluding steroid dienone is 6. The molecule has 8 atom stereocenters. The molecule has 1 heterocycles. The van der Waals surface area contributed by atoms with Gasteiger partial charge in [0.25, 0.3) is 0 Å². The van der Waals surface area contributed by atoms with Crippen LogP contribution in [0.4, 0.5) is 0 Å². The van der Waals surface area contributed by atoms with Crippen LogP contribution in [0.3, 0.4) is 0 Å². The minimum Gasteiger partial charge on any atom is -0.388 e. The highest BCUT2D eigenvalue weighted by Gasteiger charge is 2.64. The summed E-state index contributed by atoms with van der Waals surface area (Å²) in [6, 6.07) is 0. The van der Waals surface area contributed by atoms with Gasteiger partial charge in [0.05, 0.1) is 11.7 Å². The van der Waals surface area contributed by atoms with Crippen molar-refractivity contribution in [3.63, 3.8) is 0 Å². The number of hydrogen-bond donors (Lipinski definition) is 2. The molecule has 5 aliphatic rings. The number of fused-ring (bicyclic) bond motifs is 5. The smallest absolute Gasteiger partial charge is 0.161 e. The first-order valence-corrected chi connectivity index (χ1v) is 14.5. The number of ketones is 1. The molecule has 0 aromatic rings. The average Bonchev–Trinajstić information content (AvgIpc) is 3.34. The molecule has 0 bridgehead atoms. The summed E-state index contributed by atoms with van der Waals surface area (Å²) in [5.74, 6) is 0.905.